The van der Waals surface area contributed by atoms with Crippen molar-refractivity contribution in [3.05, 3.63) is 71.0 Å². The molecule has 1 saturated heterocycles. The van der Waals surface area contributed by atoms with Crippen molar-refractivity contribution in [2.45, 2.75) is 20.8 Å². The number of morpholine rings is 1. The van der Waals surface area contributed by atoms with Crippen LogP contribution in [0.4, 0.5) is 5.13 Å². The van der Waals surface area contributed by atoms with Crippen LogP contribution in [0.3, 0.4) is 0 Å². The lowest BCUT2D eigenvalue weighted by atomic mass is 10.1. The molecule has 7 nitrogen and oxygen atoms in total. The maximum absolute atomic E-state index is 13.9. The molecule has 0 bridgehead atoms. The maximum atomic E-state index is 13.9. The number of benzene rings is 2. The minimum atomic E-state index is -0.0673. The highest BCUT2D eigenvalue weighted by Crippen LogP contribution is 2.34. The second kappa shape index (κ2) is 9.66. The number of carbonyl (C=O) groups is 1. The first-order valence-corrected chi connectivity index (χ1v) is 12.4. The summed E-state index contributed by atoms with van der Waals surface area (Å²) < 4.78 is 8.45. The summed E-state index contributed by atoms with van der Waals surface area (Å²) >= 11 is 1.59. The standard InChI is InChI=1S/C26H29N5O2S/c1-18-9-10-19(2)24-23(18)28-26(34-24)30(12-11-29-13-15-33-16-14-29)25(32)22-17-27-31(20(22)3)21-7-5-4-6-8-21/h4-10,17H,11-16H2,1-3H3. The largest absolute Gasteiger partial charge is 0.379 e. The molecular formula is C26H29N5O2S. The van der Waals surface area contributed by atoms with Gasteiger partial charge in [-0.3, -0.25) is 14.6 Å². The third kappa shape index (κ3) is 4.36. The van der Waals surface area contributed by atoms with Gasteiger partial charge in [0, 0.05) is 26.2 Å². The molecule has 0 saturated carbocycles. The smallest absolute Gasteiger partial charge is 0.263 e. The molecular weight excluding hydrogens is 446 g/mol. The molecule has 2 aromatic carbocycles. The van der Waals surface area contributed by atoms with Gasteiger partial charge in [0.15, 0.2) is 5.13 Å². The summed E-state index contributed by atoms with van der Waals surface area (Å²) in [4.78, 5) is 23.0. The minimum Gasteiger partial charge on any atom is -0.379 e. The molecule has 0 atom stereocenters. The number of hydrogen-bond acceptors (Lipinski definition) is 6. The average Bonchev–Trinajstić information content (AvgIpc) is 3.48. The van der Waals surface area contributed by atoms with Crippen LogP contribution >= 0.6 is 11.3 Å². The van der Waals surface area contributed by atoms with Gasteiger partial charge in [-0.15, -0.1) is 0 Å². The predicted octanol–water partition coefficient (Wildman–Crippen LogP) is 4.39. The van der Waals surface area contributed by atoms with Crippen molar-refractivity contribution in [3.63, 3.8) is 0 Å². The zero-order valence-electron chi connectivity index (χ0n) is 19.8. The second-order valence-corrected chi connectivity index (χ2v) is 9.65. The van der Waals surface area contributed by atoms with Crippen LogP contribution in [0.5, 0.6) is 0 Å². The lowest BCUT2D eigenvalue weighted by Gasteiger charge is -2.29. The molecule has 0 N–H and O–H groups in total. The number of nitrogens with zero attached hydrogens (tertiary/aromatic N) is 5. The predicted molar refractivity (Wildman–Crippen MR) is 136 cm³/mol. The van der Waals surface area contributed by atoms with Crippen molar-refractivity contribution in [3.8, 4) is 5.69 Å². The topological polar surface area (TPSA) is 63.5 Å². The summed E-state index contributed by atoms with van der Waals surface area (Å²) in [5.41, 5.74) is 5.63. The lowest BCUT2D eigenvalue weighted by Crippen LogP contribution is -2.43. The Morgan fingerprint density at radius 3 is 2.53 bits per heavy atom. The van der Waals surface area contributed by atoms with Gasteiger partial charge < -0.3 is 4.74 Å². The van der Waals surface area contributed by atoms with Crippen LogP contribution in [0.1, 0.15) is 27.2 Å². The van der Waals surface area contributed by atoms with Gasteiger partial charge in [-0.2, -0.15) is 5.10 Å². The van der Waals surface area contributed by atoms with Gasteiger partial charge in [-0.25, -0.2) is 9.67 Å². The number of anilines is 1. The number of rotatable bonds is 6. The first-order valence-electron chi connectivity index (χ1n) is 11.6. The molecule has 1 fully saturated rings. The van der Waals surface area contributed by atoms with Gasteiger partial charge in [0.05, 0.1) is 46.6 Å². The van der Waals surface area contributed by atoms with Crippen molar-refractivity contribution < 1.29 is 9.53 Å². The SMILES string of the molecule is Cc1ccc(C)c2sc(N(CCN3CCOCC3)C(=O)c3cnn(-c4ccccc4)c3C)nc12. The molecule has 34 heavy (non-hydrogen) atoms. The fraction of sp³-hybridized carbons (Fsp3) is 0.346. The highest BCUT2D eigenvalue weighted by Gasteiger charge is 2.26. The van der Waals surface area contributed by atoms with Crippen LogP contribution in [-0.4, -0.2) is 65.0 Å². The Balaban J connectivity index is 1.50. The third-order valence-corrected chi connectivity index (χ3v) is 7.61. The van der Waals surface area contributed by atoms with Gasteiger partial charge in [0.1, 0.15) is 0 Å². The molecule has 0 aliphatic carbocycles. The summed E-state index contributed by atoms with van der Waals surface area (Å²) in [6, 6.07) is 14.1. The number of aromatic nitrogens is 3. The zero-order chi connectivity index (χ0) is 23.7. The van der Waals surface area contributed by atoms with Crippen LogP contribution in [0.25, 0.3) is 15.9 Å². The lowest BCUT2D eigenvalue weighted by molar-refractivity contribution is 0.0391. The van der Waals surface area contributed by atoms with E-state index in [-0.39, 0.29) is 5.91 Å². The molecule has 0 spiro atoms. The van der Waals surface area contributed by atoms with Crippen molar-refractivity contribution in [1.29, 1.82) is 0 Å². The number of amides is 1. The number of fused-ring (bicyclic) bond motifs is 1. The number of aryl methyl sites for hydroxylation is 2. The molecule has 0 unspecified atom stereocenters. The van der Waals surface area contributed by atoms with Crippen LogP contribution < -0.4 is 4.90 Å². The molecule has 1 aliphatic rings. The number of hydrogen-bond donors (Lipinski definition) is 0. The van der Waals surface area contributed by atoms with E-state index in [1.54, 1.807) is 17.5 Å². The molecule has 5 rings (SSSR count). The number of thiazole rings is 1. The molecule has 3 heterocycles. The quantitative estimate of drug-likeness (QED) is 0.414. The first kappa shape index (κ1) is 22.7. The Labute approximate surface area is 203 Å². The fourth-order valence-electron chi connectivity index (χ4n) is 4.31. The van der Waals surface area contributed by atoms with E-state index in [0.717, 1.165) is 65.1 Å². The number of para-hydroxylation sites is 1. The number of ether oxygens (including phenoxy) is 1. The van der Waals surface area contributed by atoms with Gasteiger partial charge >= 0.3 is 0 Å². The van der Waals surface area contributed by atoms with Gasteiger partial charge in [-0.1, -0.05) is 41.7 Å². The highest BCUT2D eigenvalue weighted by molar-refractivity contribution is 7.22. The summed E-state index contributed by atoms with van der Waals surface area (Å²) in [7, 11) is 0. The Kier molecular flexibility index (Phi) is 6.45. The maximum Gasteiger partial charge on any atom is 0.263 e. The van der Waals surface area contributed by atoms with Crippen LogP contribution in [0.2, 0.25) is 0 Å². The molecule has 1 aliphatic heterocycles. The van der Waals surface area contributed by atoms with E-state index >= 15 is 0 Å². The van der Waals surface area contributed by atoms with Crippen molar-refractivity contribution in [2.24, 2.45) is 0 Å². The van der Waals surface area contributed by atoms with Crippen molar-refractivity contribution in [2.75, 3.05) is 44.3 Å². The fourth-order valence-corrected chi connectivity index (χ4v) is 5.44. The van der Waals surface area contributed by atoms with Crippen LogP contribution in [-0.2, 0) is 4.74 Å². The molecule has 4 aromatic rings. The Morgan fingerprint density at radius 2 is 1.79 bits per heavy atom. The van der Waals surface area contributed by atoms with E-state index < -0.39 is 0 Å². The first-order chi connectivity index (χ1) is 16.5. The van der Waals surface area contributed by atoms with E-state index in [4.69, 9.17) is 9.72 Å². The zero-order valence-corrected chi connectivity index (χ0v) is 20.6. The van der Waals surface area contributed by atoms with Crippen molar-refractivity contribution in [1.82, 2.24) is 19.7 Å². The summed E-state index contributed by atoms with van der Waals surface area (Å²) in [5.74, 6) is -0.0673. The van der Waals surface area contributed by atoms with Crippen molar-refractivity contribution >= 4 is 32.6 Å². The van der Waals surface area contributed by atoms with Gasteiger partial charge in [0.25, 0.3) is 5.91 Å². The Morgan fingerprint density at radius 1 is 1.06 bits per heavy atom. The molecule has 1 amide bonds. The Hall–Kier alpha value is -3.07. The normalized spacial score (nSPS) is 14.6. The van der Waals surface area contributed by atoms with Gasteiger partial charge in [0.2, 0.25) is 0 Å². The second-order valence-electron chi connectivity index (χ2n) is 8.68. The third-order valence-electron chi connectivity index (χ3n) is 6.39. The average molecular weight is 476 g/mol. The summed E-state index contributed by atoms with van der Waals surface area (Å²) in [6.45, 7) is 10.7. The Bertz CT molecular complexity index is 1270. The van der Waals surface area contributed by atoms with E-state index in [1.165, 1.54) is 5.56 Å². The van der Waals surface area contributed by atoms with E-state index in [0.29, 0.717) is 12.1 Å². The van der Waals surface area contributed by atoms with E-state index in [9.17, 15) is 4.79 Å². The minimum absolute atomic E-state index is 0.0673. The van der Waals surface area contributed by atoms with Crippen LogP contribution in [0.15, 0.2) is 48.7 Å². The molecule has 0 radical (unpaired) electrons. The van der Waals surface area contributed by atoms with E-state index in [1.807, 2.05) is 46.8 Å². The van der Waals surface area contributed by atoms with Crippen LogP contribution in [0, 0.1) is 20.8 Å². The monoisotopic (exact) mass is 475 g/mol. The highest BCUT2D eigenvalue weighted by atomic mass is 32.1. The van der Waals surface area contributed by atoms with Gasteiger partial charge in [-0.05, 0) is 44.0 Å². The molecule has 2 aromatic heterocycles. The summed E-state index contributed by atoms with van der Waals surface area (Å²) in [5, 5.41) is 5.26. The molecule has 176 valence electrons. The molecule has 8 heteroatoms. The summed E-state index contributed by atoms with van der Waals surface area (Å²) in [6.07, 6.45) is 1.68. The number of carbonyl (C=O) groups excluding carboxylic acids is 1. The van der Waals surface area contributed by atoms with E-state index in [2.05, 4.69) is 36.0 Å².